The van der Waals surface area contributed by atoms with E-state index in [-0.39, 0.29) is 17.9 Å². The number of hydrogen-bond donors (Lipinski definition) is 0. The van der Waals surface area contributed by atoms with Gasteiger partial charge in [0.25, 0.3) is 0 Å². The van der Waals surface area contributed by atoms with Gasteiger partial charge in [-0.25, -0.2) is 0 Å². The number of rotatable bonds is 3. The lowest BCUT2D eigenvalue weighted by molar-refractivity contribution is -0.152. The van der Waals surface area contributed by atoms with Gasteiger partial charge in [0.1, 0.15) is 0 Å². The van der Waals surface area contributed by atoms with Gasteiger partial charge in [-0.2, -0.15) is 0 Å². The van der Waals surface area contributed by atoms with E-state index in [1.54, 1.807) is 0 Å². The lowest BCUT2D eigenvalue weighted by Crippen LogP contribution is -2.25. The third-order valence-electron chi connectivity index (χ3n) is 4.63. The molecule has 0 bridgehead atoms. The van der Waals surface area contributed by atoms with E-state index in [0.29, 0.717) is 19.6 Å². The standard InChI is InChI=1S/C12H14O2.C7H7Br.C5H8O2/c13-12-11(7-4-8-14-12)9-10-5-2-1-3-6-10;8-6-7-4-2-1-3-5-7;6-5-3-1-2-4-7-5/h1-3,5-6,11H,4,7-9H2;1-5H,6H2;1-4H2. The molecule has 4 rings (SSSR count). The summed E-state index contributed by atoms with van der Waals surface area (Å²) in [6.45, 7) is 1.24. The van der Waals surface area contributed by atoms with Gasteiger partial charge in [-0.05, 0) is 43.2 Å². The highest BCUT2D eigenvalue weighted by atomic mass is 79.9. The summed E-state index contributed by atoms with van der Waals surface area (Å²) >= 11 is 3.36. The molecule has 0 aliphatic carbocycles. The van der Waals surface area contributed by atoms with E-state index in [1.165, 1.54) is 11.1 Å². The van der Waals surface area contributed by atoms with Crippen LogP contribution in [-0.2, 0) is 30.8 Å². The first-order valence-electron chi connectivity index (χ1n) is 10.1. The molecule has 2 aromatic rings. The van der Waals surface area contributed by atoms with Crippen LogP contribution in [0.1, 0.15) is 43.2 Å². The number of halogens is 1. The maximum Gasteiger partial charge on any atom is 0.309 e. The topological polar surface area (TPSA) is 52.6 Å². The molecule has 156 valence electrons. The number of cyclic esters (lactones) is 2. The van der Waals surface area contributed by atoms with Gasteiger partial charge in [0, 0.05) is 11.8 Å². The van der Waals surface area contributed by atoms with Crippen molar-refractivity contribution in [3.05, 3.63) is 71.8 Å². The Morgan fingerprint density at radius 2 is 1.41 bits per heavy atom. The van der Waals surface area contributed by atoms with E-state index in [0.717, 1.165) is 37.4 Å². The first-order valence-corrected chi connectivity index (χ1v) is 11.3. The van der Waals surface area contributed by atoms with Crippen molar-refractivity contribution in [1.29, 1.82) is 0 Å². The van der Waals surface area contributed by atoms with E-state index < -0.39 is 0 Å². The summed E-state index contributed by atoms with van der Waals surface area (Å²) in [4.78, 5) is 21.6. The van der Waals surface area contributed by atoms with Crippen molar-refractivity contribution in [2.24, 2.45) is 5.92 Å². The Balaban J connectivity index is 0.000000170. The highest BCUT2D eigenvalue weighted by molar-refractivity contribution is 9.08. The minimum atomic E-state index is -0.0359. The third-order valence-corrected chi connectivity index (χ3v) is 5.28. The van der Waals surface area contributed by atoms with Gasteiger partial charge in [0.05, 0.1) is 19.1 Å². The second kappa shape index (κ2) is 13.9. The third kappa shape index (κ3) is 9.75. The summed E-state index contributed by atoms with van der Waals surface area (Å²) in [5.74, 6) is 0.0116. The molecule has 2 aliphatic rings. The number of carbonyl (C=O) groups is 2. The lowest BCUT2D eigenvalue weighted by Gasteiger charge is -2.20. The largest absolute Gasteiger partial charge is 0.466 e. The molecule has 4 nitrogen and oxygen atoms in total. The van der Waals surface area contributed by atoms with Gasteiger partial charge in [-0.15, -0.1) is 0 Å². The molecule has 2 fully saturated rings. The zero-order chi connectivity index (χ0) is 20.7. The van der Waals surface area contributed by atoms with Gasteiger partial charge in [-0.3, -0.25) is 9.59 Å². The van der Waals surface area contributed by atoms with Gasteiger partial charge in [0.15, 0.2) is 0 Å². The van der Waals surface area contributed by atoms with Gasteiger partial charge in [0.2, 0.25) is 0 Å². The van der Waals surface area contributed by atoms with Crippen molar-refractivity contribution in [3.63, 3.8) is 0 Å². The fraction of sp³-hybridized carbons (Fsp3) is 0.417. The number of hydrogen-bond acceptors (Lipinski definition) is 4. The van der Waals surface area contributed by atoms with Gasteiger partial charge >= 0.3 is 11.9 Å². The molecule has 2 heterocycles. The second-order valence-electron chi connectivity index (χ2n) is 6.99. The Bertz CT molecular complexity index is 710. The summed E-state index contributed by atoms with van der Waals surface area (Å²) in [6, 6.07) is 20.4. The Morgan fingerprint density at radius 3 is 1.86 bits per heavy atom. The predicted molar refractivity (Wildman–Crippen MR) is 118 cm³/mol. The molecule has 2 aromatic carbocycles. The molecule has 0 amide bonds. The van der Waals surface area contributed by atoms with Crippen LogP contribution in [0.15, 0.2) is 60.7 Å². The number of carbonyl (C=O) groups excluding carboxylic acids is 2. The second-order valence-corrected chi connectivity index (χ2v) is 7.55. The summed E-state index contributed by atoms with van der Waals surface area (Å²) in [5, 5.41) is 0.952. The zero-order valence-electron chi connectivity index (χ0n) is 16.7. The van der Waals surface area contributed by atoms with Crippen LogP contribution >= 0.6 is 15.9 Å². The van der Waals surface area contributed by atoms with Crippen LogP contribution in [0.25, 0.3) is 0 Å². The van der Waals surface area contributed by atoms with Gasteiger partial charge in [-0.1, -0.05) is 76.6 Å². The lowest BCUT2D eigenvalue weighted by atomic mass is 9.94. The summed E-state index contributed by atoms with van der Waals surface area (Å²) in [7, 11) is 0. The molecule has 29 heavy (non-hydrogen) atoms. The Morgan fingerprint density at radius 1 is 0.793 bits per heavy atom. The van der Waals surface area contributed by atoms with E-state index in [4.69, 9.17) is 4.74 Å². The Labute approximate surface area is 181 Å². The quantitative estimate of drug-likeness (QED) is 0.449. The van der Waals surface area contributed by atoms with Crippen LogP contribution in [0.3, 0.4) is 0 Å². The molecule has 0 saturated carbocycles. The molecule has 0 spiro atoms. The molecule has 2 saturated heterocycles. The normalized spacial score (nSPS) is 18.2. The first-order chi connectivity index (χ1) is 14.2. The van der Waals surface area contributed by atoms with Crippen molar-refractivity contribution in [2.45, 2.75) is 43.9 Å². The van der Waals surface area contributed by atoms with Crippen molar-refractivity contribution in [2.75, 3.05) is 13.2 Å². The molecule has 1 atom stereocenters. The van der Waals surface area contributed by atoms with Gasteiger partial charge < -0.3 is 9.47 Å². The average molecular weight is 461 g/mol. The minimum absolute atomic E-state index is 0.0277. The number of esters is 2. The fourth-order valence-electron chi connectivity index (χ4n) is 3.02. The summed E-state index contributed by atoms with van der Waals surface area (Å²) < 4.78 is 9.66. The molecule has 0 N–H and O–H groups in total. The van der Waals surface area contributed by atoms with Crippen molar-refractivity contribution in [1.82, 2.24) is 0 Å². The summed E-state index contributed by atoms with van der Waals surface area (Å²) in [5.41, 5.74) is 2.55. The van der Waals surface area contributed by atoms with E-state index in [2.05, 4.69) is 44.9 Å². The molecule has 0 radical (unpaired) electrons. The summed E-state index contributed by atoms with van der Waals surface area (Å²) in [6.07, 6.45) is 5.47. The Kier molecular flexibility index (Phi) is 11.1. The SMILES string of the molecule is BrCc1ccccc1.O=C1CCCCO1.O=C1OCCCC1Cc1ccccc1. The van der Waals surface area contributed by atoms with Crippen LogP contribution in [0.5, 0.6) is 0 Å². The molecule has 2 aliphatic heterocycles. The van der Waals surface area contributed by atoms with E-state index in [9.17, 15) is 9.59 Å². The maximum absolute atomic E-state index is 11.4. The first kappa shape index (κ1) is 23.1. The van der Waals surface area contributed by atoms with Crippen LogP contribution in [0, 0.1) is 5.92 Å². The van der Waals surface area contributed by atoms with Crippen molar-refractivity contribution < 1.29 is 19.1 Å². The van der Waals surface area contributed by atoms with Crippen molar-refractivity contribution in [3.8, 4) is 0 Å². The fourth-order valence-corrected chi connectivity index (χ4v) is 3.39. The highest BCUT2D eigenvalue weighted by Crippen LogP contribution is 2.19. The highest BCUT2D eigenvalue weighted by Gasteiger charge is 2.23. The van der Waals surface area contributed by atoms with Crippen LogP contribution in [0.2, 0.25) is 0 Å². The smallest absolute Gasteiger partial charge is 0.309 e. The van der Waals surface area contributed by atoms with Crippen LogP contribution < -0.4 is 0 Å². The average Bonchev–Trinajstić information content (AvgIpc) is 2.78. The van der Waals surface area contributed by atoms with Crippen molar-refractivity contribution >= 4 is 27.9 Å². The molecule has 1 unspecified atom stereocenters. The molecule has 0 aromatic heterocycles. The maximum atomic E-state index is 11.4. The van der Waals surface area contributed by atoms with Crippen LogP contribution in [-0.4, -0.2) is 25.2 Å². The number of ether oxygens (including phenoxy) is 2. The van der Waals surface area contributed by atoms with Crippen LogP contribution in [0.4, 0.5) is 0 Å². The monoisotopic (exact) mass is 460 g/mol. The predicted octanol–water partition coefficient (Wildman–Crippen LogP) is 5.48. The number of alkyl halides is 1. The molecule has 5 heteroatoms. The van der Waals surface area contributed by atoms with E-state index >= 15 is 0 Å². The minimum Gasteiger partial charge on any atom is -0.466 e. The number of benzene rings is 2. The molecular weight excluding hydrogens is 432 g/mol. The zero-order valence-corrected chi connectivity index (χ0v) is 18.3. The Hall–Kier alpha value is -2.14. The van der Waals surface area contributed by atoms with E-state index in [1.807, 2.05) is 36.4 Å². The molecular formula is C24H29BrO4.